The molecule has 1 unspecified atom stereocenters. The third-order valence-corrected chi connectivity index (χ3v) is 7.35. The highest BCUT2D eigenvalue weighted by Crippen LogP contribution is 2.30. The van der Waals surface area contributed by atoms with E-state index in [1.54, 1.807) is 41.3 Å². The minimum Gasteiger partial charge on any atom is -0.435 e. The topological polar surface area (TPSA) is 75.7 Å². The second-order valence-corrected chi connectivity index (χ2v) is 9.69. The van der Waals surface area contributed by atoms with Crippen molar-refractivity contribution < 1.29 is 26.7 Å². The number of nitrogens with zero attached hydrogens (tertiary/aromatic N) is 1. The second kappa shape index (κ2) is 9.38. The van der Waals surface area contributed by atoms with Crippen molar-refractivity contribution in [3.05, 3.63) is 70.1 Å². The number of carbonyl (C=O) groups excluding carboxylic acids is 1. The van der Waals surface area contributed by atoms with Crippen molar-refractivity contribution in [1.82, 2.24) is 9.62 Å². The normalized spacial score (nSPS) is 18.8. The fourth-order valence-electron chi connectivity index (χ4n) is 4.15. The van der Waals surface area contributed by atoms with Crippen LogP contribution >= 0.6 is 0 Å². The zero-order valence-corrected chi connectivity index (χ0v) is 18.2. The summed E-state index contributed by atoms with van der Waals surface area (Å²) in [6.45, 7) is -2.01. The van der Waals surface area contributed by atoms with Gasteiger partial charge in [-0.1, -0.05) is 24.3 Å². The van der Waals surface area contributed by atoms with Crippen molar-refractivity contribution >= 4 is 22.0 Å². The molecule has 1 saturated heterocycles. The molecule has 1 N–H and O–H groups in total. The number of fused-ring (bicyclic) bond motifs is 1. The Morgan fingerprint density at radius 3 is 2.66 bits per heavy atom. The molecule has 1 aliphatic heterocycles. The highest BCUT2D eigenvalue weighted by molar-refractivity contribution is 7.93. The van der Waals surface area contributed by atoms with Gasteiger partial charge in [-0.15, -0.1) is 0 Å². The molecule has 4 rings (SSSR count). The van der Waals surface area contributed by atoms with Gasteiger partial charge in [0.2, 0.25) is 10.0 Å². The lowest BCUT2D eigenvalue weighted by Gasteiger charge is -2.33. The van der Waals surface area contributed by atoms with Gasteiger partial charge in [-0.25, -0.2) is 13.1 Å². The summed E-state index contributed by atoms with van der Waals surface area (Å²) in [5, 5.41) is 0. The van der Waals surface area contributed by atoms with E-state index in [2.05, 4.69) is 9.46 Å². The van der Waals surface area contributed by atoms with Crippen LogP contribution in [0.15, 0.2) is 53.4 Å². The second-order valence-electron chi connectivity index (χ2n) is 7.93. The van der Waals surface area contributed by atoms with Gasteiger partial charge < -0.3 is 9.64 Å². The summed E-state index contributed by atoms with van der Waals surface area (Å²) in [6, 6.07) is 13.1. The van der Waals surface area contributed by atoms with Crippen molar-refractivity contribution in [2.75, 3.05) is 13.1 Å². The Morgan fingerprint density at radius 1 is 1.12 bits per heavy atom. The van der Waals surface area contributed by atoms with Crippen LogP contribution in [0.2, 0.25) is 0 Å². The maximum Gasteiger partial charge on any atom is 0.387 e. The molecule has 1 fully saturated rings. The number of allylic oxidation sites excluding steroid dienone is 1. The van der Waals surface area contributed by atoms with Crippen molar-refractivity contribution in [2.24, 2.45) is 0 Å². The van der Waals surface area contributed by atoms with Crippen molar-refractivity contribution in [2.45, 2.75) is 38.3 Å². The predicted molar refractivity (Wildman–Crippen MR) is 117 cm³/mol. The van der Waals surface area contributed by atoms with E-state index in [0.29, 0.717) is 43.5 Å². The van der Waals surface area contributed by atoms with E-state index >= 15 is 0 Å². The number of carbonyl (C=O) groups is 1. The molecule has 0 bridgehead atoms. The first kappa shape index (κ1) is 22.4. The molecule has 2 aromatic rings. The van der Waals surface area contributed by atoms with Gasteiger partial charge in [0.1, 0.15) is 5.75 Å². The van der Waals surface area contributed by atoms with E-state index in [9.17, 15) is 22.0 Å². The number of hydrogen-bond donors (Lipinski definition) is 1. The van der Waals surface area contributed by atoms with E-state index in [0.717, 1.165) is 5.56 Å². The van der Waals surface area contributed by atoms with Crippen LogP contribution in [-0.4, -0.2) is 45.0 Å². The van der Waals surface area contributed by atoms with E-state index in [-0.39, 0.29) is 29.0 Å². The lowest BCUT2D eigenvalue weighted by Crippen LogP contribution is -2.49. The van der Waals surface area contributed by atoms with Crippen molar-refractivity contribution in [1.29, 1.82) is 0 Å². The zero-order chi connectivity index (χ0) is 22.7. The van der Waals surface area contributed by atoms with Crippen LogP contribution in [0, 0.1) is 0 Å². The molecule has 9 heteroatoms. The molecule has 2 aromatic carbocycles. The van der Waals surface area contributed by atoms with E-state index in [1.807, 2.05) is 6.07 Å². The van der Waals surface area contributed by atoms with Crippen LogP contribution in [0.4, 0.5) is 8.78 Å². The molecule has 2 aliphatic rings. The summed E-state index contributed by atoms with van der Waals surface area (Å²) >= 11 is 0. The summed E-state index contributed by atoms with van der Waals surface area (Å²) in [5.41, 5.74) is 2.01. The summed E-state index contributed by atoms with van der Waals surface area (Å²) in [5.74, 6) is -0.0518. The third-order valence-electron chi connectivity index (χ3n) is 5.69. The smallest absolute Gasteiger partial charge is 0.387 e. The highest BCUT2D eigenvalue weighted by atomic mass is 32.2. The van der Waals surface area contributed by atoms with Gasteiger partial charge in [0.15, 0.2) is 0 Å². The number of sulfonamides is 1. The van der Waals surface area contributed by atoms with Gasteiger partial charge in [-0.2, -0.15) is 8.78 Å². The summed E-state index contributed by atoms with van der Waals surface area (Å²) < 4.78 is 58.0. The quantitative estimate of drug-likeness (QED) is 0.709. The molecular weight excluding hydrogens is 438 g/mol. The zero-order valence-electron chi connectivity index (χ0n) is 17.3. The van der Waals surface area contributed by atoms with Crippen LogP contribution in [-0.2, 0) is 16.4 Å². The molecule has 0 saturated carbocycles. The van der Waals surface area contributed by atoms with Crippen molar-refractivity contribution in [3.63, 3.8) is 0 Å². The molecule has 0 radical (unpaired) electrons. The number of nitrogens with one attached hydrogen (secondary N) is 1. The average Bonchev–Trinajstić information content (AvgIpc) is 2.78. The summed E-state index contributed by atoms with van der Waals surface area (Å²) in [6.07, 6.45) is 3.60. The molecule has 170 valence electrons. The fourth-order valence-corrected chi connectivity index (χ4v) is 5.58. The van der Waals surface area contributed by atoms with Crippen molar-refractivity contribution in [3.8, 4) is 5.75 Å². The Bertz CT molecular complexity index is 1120. The molecule has 1 atom stereocenters. The molecular formula is C23H24F2N2O4S. The highest BCUT2D eigenvalue weighted by Gasteiger charge is 2.30. The molecule has 1 heterocycles. The number of alkyl halides is 2. The maximum atomic E-state index is 13.0. The summed E-state index contributed by atoms with van der Waals surface area (Å²) in [7, 11) is -3.75. The van der Waals surface area contributed by atoms with E-state index in [4.69, 9.17) is 0 Å². The number of benzene rings is 2. The number of aryl methyl sites for hydroxylation is 1. The number of rotatable bonds is 6. The van der Waals surface area contributed by atoms with Gasteiger partial charge in [-0.05, 0) is 67.2 Å². The number of piperidine rings is 1. The van der Waals surface area contributed by atoms with Crippen LogP contribution in [0.5, 0.6) is 5.75 Å². The van der Waals surface area contributed by atoms with Gasteiger partial charge in [0.25, 0.3) is 5.91 Å². The molecule has 1 amide bonds. The molecule has 6 nitrogen and oxygen atoms in total. The van der Waals surface area contributed by atoms with Gasteiger partial charge in [0, 0.05) is 24.7 Å². The Labute approximate surface area is 185 Å². The minimum atomic E-state index is -3.75. The summed E-state index contributed by atoms with van der Waals surface area (Å²) in [4.78, 5) is 14.7. The van der Waals surface area contributed by atoms with Crippen LogP contribution in [0.1, 0.15) is 40.7 Å². The maximum absolute atomic E-state index is 13.0. The van der Waals surface area contributed by atoms with Gasteiger partial charge in [-0.3, -0.25) is 4.79 Å². The molecule has 1 aliphatic carbocycles. The minimum absolute atomic E-state index is 0.0574. The lowest BCUT2D eigenvalue weighted by atomic mass is 9.97. The Hall–Kier alpha value is -2.78. The number of ether oxygens (including phenoxy) is 1. The first-order chi connectivity index (χ1) is 15.3. The van der Waals surface area contributed by atoms with E-state index < -0.39 is 16.6 Å². The van der Waals surface area contributed by atoms with Crippen LogP contribution in [0.25, 0.3) is 6.08 Å². The first-order valence-corrected chi connectivity index (χ1v) is 11.9. The molecule has 32 heavy (non-hydrogen) atoms. The SMILES string of the molecule is O=C(c1ccccc1)N1CCCC(NS(=O)(=O)C2=Cc3ccc(OC(F)F)cc3CC2)C1. The molecule has 0 spiro atoms. The number of likely N-dealkylation sites (tertiary alicyclic amines) is 1. The van der Waals surface area contributed by atoms with Crippen LogP contribution < -0.4 is 9.46 Å². The monoisotopic (exact) mass is 462 g/mol. The van der Waals surface area contributed by atoms with Gasteiger partial charge >= 0.3 is 6.61 Å². The van der Waals surface area contributed by atoms with Crippen LogP contribution in [0.3, 0.4) is 0 Å². The molecule has 0 aromatic heterocycles. The number of hydrogen-bond acceptors (Lipinski definition) is 4. The van der Waals surface area contributed by atoms with E-state index in [1.165, 1.54) is 12.1 Å². The number of halogens is 2. The Balaban J connectivity index is 1.45. The Morgan fingerprint density at radius 2 is 1.91 bits per heavy atom. The fraction of sp³-hybridized carbons (Fsp3) is 0.348. The standard InChI is InChI=1S/C23H24F2N2O4S/c24-23(25)31-20-10-8-18-14-21(11-9-17(18)13-20)32(29,30)26-19-7-4-12-27(15-19)22(28)16-5-2-1-3-6-16/h1-3,5-6,8,10,13-14,19,23,26H,4,7,9,11-12,15H2. The van der Waals surface area contributed by atoms with Gasteiger partial charge in [0.05, 0.1) is 4.91 Å². The lowest BCUT2D eigenvalue weighted by molar-refractivity contribution is -0.0498. The predicted octanol–water partition coefficient (Wildman–Crippen LogP) is 3.80. The number of amides is 1. The average molecular weight is 463 g/mol. The third kappa shape index (κ3) is 5.16. The first-order valence-electron chi connectivity index (χ1n) is 10.5. The Kier molecular flexibility index (Phi) is 6.57. The largest absolute Gasteiger partial charge is 0.435 e.